The summed E-state index contributed by atoms with van der Waals surface area (Å²) in [4.78, 5) is 21.0. The van der Waals surface area contributed by atoms with E-state index in [-0.39, 0.29) is 0 Å². The standard InChI is InChI=1S/C44H26N4S2/c1-3-15-27(16-4-1)43-45-37(41-39(47-43)33-23-11-13-25-35(33)49-41)31-21-9-7-19-29(31)30-20-8-10-22-32(30)38-42-40(34-24-12-14-26-36(34)50-42)48-44(46-38)28-17-5-2-6-18-28/h1-26H. The Bertz CT molecular complexity index is 2680. The minimum absolute atomic E-state index is 0.718. The Balaban J connectivity index is 1.25. The van der Waals surface area contributed by atoms with Crippen LogP contribution in [0.4, 0.5) is 0 Å². The van der Waals surface area contributed by atoms with Crippen molar-refractivity contribution in [3.8, 4) is 56.4 Å². The van der Waals surface area contributed by atoms with Gasteiger partial charge in [0, 0.05) is 42.4 Å². The van der Waals surface area contributed by atoms with Crippen molar-refractivity contribution in [2.75, 3.05) is 0 Å². The zero-order valence-electron chi connectivity index (χ0n) is 26.6. The van der Waals surface area contributed by atoms with Crippen molar-refractivity contribution in [3.05, 3.63) is 158 Å². The normalized spacial score (nSPS) is 11.6. The van der Waals surface area contributed by atoms with Crippen LogP contribution in [-0.2, 0) is 0 Å². The third kappa shape index (κ3) is 4.72. The third-order valence-corrected chi connectivity index (χ3v) is 11.5. The zero-order chi connectivity index (χ0) is 33.0. The summed E-state index contributed by atoms with van der Waals surface area (Å²) < 4.78 is 4.55. The van der Waals surface area contributed by atoms with Crippen LogP contribution in [0.15, 0.2) is 158 Å². The Kier molecular flexibility index (Phi) is 6.82. The van der Waals surface area contributed by atoms with Crippen LogP contribution in [0.3, 0.4) is 0 Å². The van der Waals surface area contributed by atoms with Crippen LogP contribution >= 0.6 is 22.7 Å². The molecule has 50 heavy (non-hydrogen) atoms. The van der Waals surface area contributed by atoms with Crippen LogP contribution in [0.5, 0.6) is 0 Å². The predicted molar refractivity (Wildman–Crippen MR) is 211 cm³/mol. The molecule has 0 atom stereocenters. The minimum atomic E-state index is 0.718. The van der Waals surface area contributed by atoms with Gasteiger partial charge in [-0.3, -0.25) is 0 Å². The molecule has 4 aromatic heterocycles. The molecule has 0 N–H and O–H groups in total. The summed E-state index contributed by atoms with van der Waals surface area (Å²) >= 11 is 3.50. The van der Waals surface area contributed by atoms with E-state index in [1.54, 1.807) is 22.7 Å². The highest BCUT2D eigenvalue weighted by Crippen LogP contribution is 2.46. The Morgan fingerprint density at radius 2 is 0.680 bits per heavy atom. The SMILES string of the molecule is c1ccc(-c2nc(-c3ccccc3-c3ccccc3-c3nc(-c4ccccc4)nc4c3sc3ccccc34)c3sc4ccccc4c3n2)cc1. The molecule has 234 valence electrons. The minimum Gasteiger partial charge on any atom is -0.226 e. The summed E-state index contributed by atoms with van der Waals surface area (Å²) in [6.45, 7) is 0. The molecule has 0 radical (unpaired) electrons. The number of hydrogen-bond donors (Lipinski definition) is 0. The molecule has 0 fully saturated rings. The number of fused-ring (bicyclic) bond motifs is 6. The molecule has 0 saturated heterocycles. The van der Waals surface area contributed by atoms with E-state index in [1.165, 1.54) is 9.40 Å². The number of hydrogen-bond acceptors (Lipinski definition) is 6. The largest absolute Gasteiger partial charge is 0.226 e. The molecule has 4 nitrogen and oxygen atoms in total. The van der Waals surface area contributed by atoms with Gasteiger partial charge in [-0.15, -0.1) is 22.7 Å². The second-order valence-electron chi connectivity index (χ2n) is 12.2. The van der Waals surface area contributed by atoms with Crippen molar-refractivity contribution in [2.45, 2.75) is 0 Å². The molecule has 0 aliphatic rings. The van der Waals surface area contributed by atoms with Crippen molar-refractivity contribution in [1.82, 2.24) is 19.9 Å². The first-order chi connectivity index (χ1) is 24.8. The molecule has 0 aliphatic carbocycles. The lowest BCUT2D eigenvalue weighted by Gasteiger charge is -2.16. The molecule has 0 saturated carbocycles. The summed E-state index contributed by atoms with van der Waals surface area (Å²) in [5.41, 5.74) is 10.1. The lowest BCUT2D eigenvalue weighted by molar-refractivity contribution is 1.24. The highest BCUT2D eigenvalue weighted by molar-refractivity contribution is 7.26. The van der Waals surface area contributed by atoms with E-state index in [0.717, 1.165) is 87.6 Å². The predicted octanol–water partition coefficient (Wildman–Crippen LogP) is 12.3. The van der Waals surface area contributed by atoms with Crippen LogP contribution in [-0.4, -0.2) is 19.9 Å². The van der Waals surface area contributed by atoms with Crippen LogP contribution < -0.4 is 0 Å². The summed E-state index contributed by atoms with van der Waals surface area (Å²) in [5.74, 6) is 1.44. The van der Waals surface area contributed by atoms with Crippen molar-refractivity contribution >= 4 is 63.3 Å². The van der Waals surface area contributed by atoms with Crippen LogP contribution in [0.25, 0.3) is 97.0 Å². The van der Waals surface area contributed by atoms with E-state index < -0.39 is 0 Å². The number of benzene rings is 6. The van der Waals surface area contributed by atoms with Gasteiger partial charge in [0.1, 0.15) is 0 Å². The van der Waals surface area contributed by atoms with E-state index in [9.17, 15) is 0 Å². The van der Waals surface area contributed by atoms with Gasteiger partial charge in [0.25, 0.3) is 0 Å². The van der Waals surface area contributed by atoms with Gasteiger partial charge in [-0.25, -0.2) is 19.9 Å². The Morgan fingerprint density at radius 1 is 0.320 bits per heavy atom. The second kappa shape index (κ2) is 11.8. The van der Waals surface area contributed by atoms with Crippen molar-refractivity contribution < 1.29 is 0 Å². The van der Waals surface area contributed by atoms with E-state index >= 15 is 0 Å². The van der Waals surface area contributed by atoms with Gasteiger partial charge in [-0.05, 0) is 23.3 Å². The average Bonchev–Trinajstić information content (AvgIpc) is 3.76. The molecule has 0 spiro atoms. The number of thiophene rings is 2. The average molecular weight is 675 g/mol. The highest BCUT2D eigenvalue weighted by Gasteiger charge is 2.23. The summed E-state index contributed by atoms with van der Waals surface area (Å²) in [6.07, 6.45) is 0. The van der Waals surface area contributed by atoms with Gasteiger partial charge in [0.15, 0.2) is 11.6 Å². The van der Waals surface area contributed by atoms with Crippen LogP contribution in [0.1, 0.15) is 0 Å². The summed E-state index contributed by atoms with van der Waals surface area (Å²) in [6, 6.07) is 54.8. The van der Waals surface area contributed by atoms with Crippen molar-refractivity contribution in [1.29, 1.82) is 0 Å². The first-order valence-corrected chi connectivity index (χ1v) is 18.1. The van der Waals surface area contributed by atoms with Crippen LogP contribution in [0, 0.1) is 0 Å². The molecule has 0 aliphatic heterocycles. The third-order valence-electron chi connectivity index (χ3n) is 9.16. The fourth-order valence-electron chi connectivity index (χ4n) is 6.83. The summed E-state index contributed by atoms with van der Waals surface area (Å²) in [5, 5.41) is 2.29. The molecular formula is C44H26N4S2. The maximum absolute atomic E-state index is 5.33. The Morgan fingerprint density at radius 3 is 1.12 bits per heavy atom. The zero-order valence-corrected chi connectivity index (χ0v) is 28.2. The molecule has 10 aromatic rings. The molecule has 10 rings (SSSR count). The number of aromatic nitrogens is 4. The quantitative estimate of drug-likeness (QED) is 0.182. The molecular weight excluding hydrogens is 649 g/mol. The van der Waals surface area contributed by atoms with E-state index in [4.69, 9.17) is 19.9 Å². The highest BCUT2D eigenvalue weighted by atomic mass is 32.1. The second-order valence-corrected chi connectivity index (χ2v) is 14.3. The maximum atomic E-state index is 5.33. The lowest BCUT2D eigenvalue weighted by atomic mass is 9.92. The Labute approximate surface area is 296 Å². The van der Waals surface area contributed by atoms with Gasteiger partial charge in [-0.2, -0.15) is 0 Å². The first kappa shape index (κ1) is 28.9. The fraction of sp³-hybridized carbons (Fsp3) is 0. The molecule has 0 amide bonds. The van der Waals surface area contributed by atoms with Gasteiger partial charge < -0.3 is 0 Å². The Hall–Kier alpha value is -6.08. The van der Waals surface area contributed by atoms with Crippen LogP contribution in [0.2, 0.25) is 0 Å². The van der Waals surface area contributed by atoms with E-state index in [1.807, 2.05) is 36.4 Å². The maximum Gasteiger partial charge on any atom is 0.160 e. The van der Waals surface area contributed by atoms with Crippen molar-refractivity contribution in [3.63, 3.8) is 0 Å². The number of rotatable bonds is 5. The van der Waals surface area contributed by atoms with Gasteiger partial charge in [0.05, 0.1) is 31.8 Å². The monoisotopic (exact) mass is 674 g/mol. The van der Waals surface area contributed by atoms with Gasteiger partial charge >= 0.3 is 0 Å². The molecule has 0 unspecified atom stereocenters. The fourth-order valence-corrected chi connectivity index (χ4v) is 9.12. The van der Waals surface area contributed by atoms with E-state index in [2.05, 4.69) is 121 Å². The number of nitrogens with zero attached hydrogens (tertiary/aromatic N) is 4. The summed E-state index contributed by atoms with van der Waals surface area (Å²) in [7, 11) is 0. The molecule has 6 aromatic carbocycles. The topological polar surface area (TPSA) is 51.6 Å². The smallest absolute Gasteiger partial charge is 0.160 e. The molecule has 4 heterocycles. The van der Waals surface area contributed by atoms with Crippen molar-refractivity contribution in [2.24, 2.45) is 0 Å². The lowest BCUT2D eigenvalue weighted by Crippen LogP contribution is -1.97. The van der Waals surface area contributed by atoms with Gasteiger partial charge in [0.2, 0.25) is 0 Å². The first-order valence-electron chi connectivity index (χ1n) is 16.5. The molecule has 0 bridgehead atoms. The van der Waals surface area contributed by atoms with Gasteiger partial charge in [-0.1, -0.05) is 146 Å². The van der Waals surface area contributed by atoms with E-state index in [0.29, 0.717) is 0 Å². The molecule has 6 heteroatoms.